The number of hydrogen-bond acceptors (Lipinski definition) is 10. The van der Waals surface area contributed by atoms with Crippen molar-refractivity contribution in [2.24, 2.45) is 5.92 Å². The average Bonchev–Trinajstić information content (AvgIpc) is 2.51. The summed E-state index contributed by atoms with van der Waals surface area (Å²) in [6, 6.07) is 0. The monoisotopic (exact) mass is 391 g/mol. The van der Waals surface area contributed by atoms with Gasteiger partial charge in [0.15, 0.2) is 4.93 Å². The van der Waals surface area contributed by atoms with E-state index in [-0.39, 0.29) is 6.42 Å². The molecule has 1 aliphatic heterocycles. The third-order valence-corrected chi connectivity index (χ3v) is 4.61. The summed E-state index contributed by atoms with van der Waals surface area (Å²) in [7, 11) is -4.96. The summed E-state index contributed by atoms with van der Waals surface area (Å²) in [5.74, 6) is -2.46. The molecule has 0 bridgehead atoms. The second kappa shape index (κ2) is 8.25. The zero-order valence-electron chi connectivity index (χ0n) is 12.6. The van der Waals surface area contributed by atoms with Crippen LogP contribution in [0.25, 0.3) is 0 Å². The van der Waals surface area contributed by atoms with Crippen molar-refractivity contribution < 1.29 is 47.2 Å². The molecule has 1 amide bonds. The van der Waals surface area contributed by atoms with E-state index in [1.165, 1.54) is 5.48 Å². The highest BCUT2D eigenvalue weighted by atomic mass is 32.3. The molecule has 1 saturated heterocycles. The normalized spacial score (nSPS) is 35.5. The SMILES string of the molecule is CCCC(C(=O)NOS(=O)(=O)O)[C@@]1(S)O[C@H](CO)[C@@H](O)[C@H](O)[C@H]1O. The number of rotatable bonds is 7. The van der Waals surface area contributed by atoms with Crippen molar-refractivity contribution in [3.05, 3.63) is 0 Å². The van der Waals surface area contributed by atoms with Gasteiger partial charge in [-0.2, -0.15) is 8.42 Å². The zero-order chi connectivity index (χ0) is 18.7. The summed E-state index contributed by atoms with van der Waals surface area (Å²) in [6.45, 7) is 0.945. The predicted molar refractivity (Wildman–Crippen MR) is 80.9 cm³/mol. The Kier molecular flexibility index (Phi) is 7.40. The Morgan fingerprint density at radius 1 is 1.38 bits per heavy atom. The van der Waals surface area contributed by atoms with Crippen molar-refractivity contribution >= 4 is 28.9 Å². The van der Waals surface area contributed by atoms with Crippen LogP contribution in [-0.4, -0.2) is 75.3 Å². The minimum atomic E-state index is -4.96. The van der Waals surface area contributed by atoms with Gasteiger partial charge < -0.3 is 25.2 Å². The number of hydroxylamine groups is 1. The van der Waals surface area contributed by atoms with Gasteiger partial charge in [-0.05, 0) is 6.42 Å². The van der Waals surface area contributed by atoms with Crippen LogP contribution < -0.4 is 5.48 Å². The molecular weight excluding hydrogens is 370 g/mol. The van der Waals surface area contributed by atoms with E-state index in [9.17, 15) is 33.6 Å². The molecule has 6 atom stereocenters. The Bertz CT molecular complexity index is 541. The largest absolute Gasteiger partial charge is 0.418 e. The second-order valence-corrected chi connectivity index (χ2v) is 7.06. The zero-order valence-corrected chi connectivity index (χ0v) is 14.4. The number of thiol groups is 1. The van der Waals surface area contributed by atoms with Gasteiger partial charge in [-0.1, -0.05) is 13.3 Å². The molecule has 0 radical (unpaired) electrons. The highest BCUT2D eigenvalue weighted by molar-refractivity contribution is 7.81. The number of amides is 1. The van der Waals surface area contributed by atoms with E-state index in [0.29, 0.717) is 6.42 Å². The predicted octanol–water partition coefficient (Wildman–Crippen LogP) is -2.65. The summed E-state index contributed by atoms with van der Waals surface area (Å²) < 4.78 is 38.7. The molecule has 24 heavy (non-hydrogen) atoms. The van der Waals surface area contributed by atoms with Crippen LogP contribution in [0.4, 0.5) is 0 Å². The fourth-order valence-corrected chi connectivity index (χ4v) is 3.17. The van der Waals surface area contributed by atoms with Crippen molar-refractivity contribution in [1.82, 2.24) is 5.48 Å². The fraction of sp³-hybridized carbons (Fsp3) is 0.909. The van der Waals surface area contributed by atoms with E-state index in [2.05, 4.69) is 16.9 Å². The molecule has 1 unspecified atom stereocenters. The van der Waals surface area contributed by atoms with E-state index < -0.39 is 58.2 Å². The molecule has 0 aromatic heterocycles. The van der Waals surface area contributed by atoms with Gasteiger partial charge in [0.2, 0.25) is 0 Å². The van der Waals surface area contributed by atoms with Gasteiger partial charge in [0.1, 0.15) is 24.4 Å². The lowest BCUT2D eigenvalue weighted by Crippen LogP contribution is -2.67. The van der Waals surface area contributed by atoms with Crippen LogP contribution in [0.3, 0.4) is 0 Å². The lowest BCUT2D eigenvalue weighted by Gasteiger charge is -2.48. The molecule has 6 N–H and O–H groups in total. The number of aliphatic hydroxyl groups excluding tert-OH is 4. The minimum Gasteiger partial charge on any atom is -0.394 e. The highest BCUT2D eigenvalue weighted by Gasteiger charge is 2.57. The van der Waals surface area contributed by atoms with Gasteiger partial charge in [0, 0.05) is 0 Å². The summed E-state index contributed by atoms with van der Waals surface area (Å²) in [5, 5.41) is 39.0. The quantitative estimate of drug-likeness (QED) is 0.137. The number of hydrogen-bond donors (Lipinski definition) is 7. The Labute approximate surface area is 143 Å². The van der Waals surface area contributed by atoms with E-state index in [0.717, 1.165) is 0 Å². The minimum absolute atomic E-state index is 0.0161. The Hall–Kier alpha value is -0.510. The van der Waals surface area contributed by atoms with Crippen molar-refractivity contribution in [1.29, 1.82) is 0 Å². The third-order valence-electron chi connectivity index (χ3n) is 3.64. The van der Waals surface area contributed by atoms with Crippen molar-refractivity contribution in [3.8, 4) is 0 Å². The maximum atomic E-state index is 12.2. The fourth-order valence-electron chi connectivity index (χ4n) is 2.45. The summed E-state index contributed by atoms with van der Waals surface area (Å²) >= 11 is 4.11. The van der Waals surface area contributed by atoms with Crippen LogP contribution in [0.2, 0.25) is 0 Å². The Morgan fingerprint density at radius 3 is 2.42 bits per heavy atom. The third kappa shape index (κ3) is 4.77. The summed E-state index contributed by atoms with van der Waals surface area (Å²) in [4.78, 5) is 10.1. The maximum absolute atomic E-state index is 12.2. The topological polar surface area (TPSA) is 183 Å². The summed E-state index contributed by atoms with van der Waals surface area (Å²) in [5.41, 5.74) is 1.49. The molecule has 0 aromatic rings. The van der Waals surface area contributed by atoms with Crippen molar-refractivity contribution in [3.63, 3.8) is 0 Å². The van der Waals surface area contributed by atoms with Crippen LogP contribution in [0.1, 0.15) is 19.8 Å². The van der Waals surface area contributed by atoms with E-state index in [4.69, 9.17) is 9.29 Å². The molecule has 0 aromatic carbocycles. The first kappa shape index (κ1) is 21.5. The van der Waals surface area contributed by atoms with Gasteiger partial charge in [-0.3, -0.25) is 9.35 Å². The van der Waals surface area contributed by atoms with Gasteiger partial charge in [0.25, 0.3) is 5.91 Å². The molecule has 1 fully saturated rings. The molecule has 1 rings (SSSR count). The molecule has 0 saturated carbocycles. The first-order valence-electron chi connectivity index (χ1n) is 6.98. The summed E-state index contributed by atoms with van der Waals surface area (Å²) in [6.07, 6.45) is -6.19. The van der Waals surface area contributed by atoms with Crippen LogP contribution in [0, 0.1) is 5.92 Å². The van der Waals surface area contributed by atoms with Crippen LogP contribution in [0.15, 0.2) is 0 Å². The van der Waals surface area contributed by atoms with Crippen LogP contribution in [-0.2, 0) is 24.2 Å². The molecule has 0 spiro atoms. The molecule has 13 heteroatoms. The van der Waals surface area contributed by atoms with Crippen molar-refractivity contribution in [2.45, 2.75) is 49.1 Å². The molecule has 1 aliphatic rings. The number of nitrogens with one attached hydrogen (secondary N) is 1. The Morgan fingerprint density at radius 2 is 1.96 bits per heavy atom. The van der Waals surface area contributed by atoms with Gasteiger partial charge in [-0.25, -0.2) is 5.48 Å². The average molecular weight is 391 g/mol. The lowest BCUT2D eigenvalue weighted by molar-refractivity contribution is -0.254. The van der Waals surface area contributed by atoms with Crippen LogP contribution in [0.5, 0.6) is 0 Å². The molecule has 1 heterocycles. The van der Waals surface area contributed by atoms with Gasteiger partial charge in [0.05, 0.1) is 12.5 Å². The molecule has 11 nitrogen and oxygen atoms in total. The maximum Gasteiger partial charge on any atom is 0.418 e. The second-order valence-electron chi connectivity index (χ2n) is 5.34. The highest BCUT2D eigenvalue weighted by Crippen LogP contribution is 2.41. The first-order valence-corrected chi connectivity index (χ1v) is 8.80. The number of carbonyl (C=O) groups is 1. The first-order chi connectivity index (χ1) is 11.0. The number of carbonyl (C=O) groups excluding carboxylic acids is 1. The molecular formula is C11H21NO10S2. The number of ether oxygens (including phenoxy) is 1. The Balaban J connectivity index is 3.09. The van der Waals surface area contributed by atoms with Gasteiger partial charge in [-0.15, -0.1) is 16.9 Å². The van der Waals surface area contributed by atoms with Crippen molar-refractivity contribution in [2.75, 3.05) is 6.61 Å². The standard InChI is InChI=1S/C11H21NO10S2/c1-2-3-5(10(17)12-22-24(18,19)20)11(23)9(16)8(15)7(14)6(4-13)21-11/h5-9,13-16,23H,2-4H2,1H3,(H,12,17)(H,18,19,20)/t5?,6-,7-,8+,9-,11+/m1/s1. The molecule has 142 valence electrons. The van der Waals surface area contributed by atoms with Gasteiger partial charge >= 0.3 is 10.4 Å². The van der Waals surface area contributed by atoms with E-state index in [1.54, 1.807) is 6.92 Å². The van der Waals surface area contributed by atoms with E-state index in [1.807, 2.05) is 0 Å². The number of aliphatic hydroxyl groups is 4. The molecule has 0 aliphatic carbocycles. The van der Waals surface area contributed by atoms with Crippen LogP contribution >= 0.6 is 12.6 Å². The smallest absolute Gasteiger partial charge is 0.394 e. The van der Waals surface area contributed by atoms with E-state index >= 15 is 0 Å². The lowest BCUT2D eigenvalue weighted by atomic mass is 9.84.